The summed E-state index contributed by atoms with van der Waals surface area (Å²) in [7, 11) is 0. The quantitative estimate of drug-likeness (QED) is 0.785. The first kappa shape index (κ1) is 8.83. The van der Waals surface area contributed by atoms with Crippen molar-refractivity contribution in [3.8, 4) is 0 Å². The van der Waals surface area contributed by atoms with Crippen LogP contribution in [0.1, 0.15) is 11.4 Å². The van der Waals surface area contributed by atoms with Gasteiger partial charge in [-0.3, -0.25) is 4.90 Å². The third kappa shape index (κ3) is 1.69. The number of fused-ring (bicyclic) bond motifs is 2. The molecule has 3 rings (SSSR count). The normalized spacial score (nSPS) is 32.3. The van der Waals surface area contributed by atoms with Crippen LogP contribution in [0.5, 0.6) is 0 Å². The van der Waals surface area contributed by atoms with E-state index >= 15 is 0 Å². The summed E-state index contributed by atoms with van der Waals surface area (Å²) >= 11 is 1.77. The number of nitrogens with one attached hydrogen (secondary N) is 1. The average molecular weight is 209 g/mol. The summed E-state index contributed by atoms with van der Waals surface area (Å²) in [5.41, 5.74) is 0. The monoisotopic (exact) mass is 209 g/mol. The third-order valence-electron chi connectivity index (χ3n) is 3.15. The van der Waals surface area contributed by atoms with Gasteiger partial charge in [0, 0.05) is 30.7 Å². The van der Waals surface area contributed by atoms with Crippen LogP contribution in [0.4, 0.5) is 0 Å². The largest absolute Gasteiger partial charge is 0.312 e. The predicted molar refractivity (Wildman–Crippen MR) is 57.3 cm³/mol. The van der Waals surface area contributed by atoms with Crippen LogP contribution in [0.25, 0.3) is 0 Å². The summed E-state index contributed by atoms with van der Waals surface area (Å²) in [6.45, 7) is 4.73. The molecule has 0 amide bonds. The lowest BCUT2D eigenvalue weighted by atomic mass is 10.0. The molecule has 3 heterocycles. The molecule has 2 unspecified atom stereocenters. The maximum atomic E-state index is 4.34. The van der Waals surface area contributed by atoms with Crippen LogP contribution in [0.2, 0.25) is 0 Å². The molecule has 1 aromatic heterocycles. The highest BCUT2D eigenvalue weighted by Crippen LogP contribution is 2.23. The van der Waals surface area contributed by atoms with Crippen LogP contribution < -0.4 is 5.32 Å². The number of hydrogen-bond acceptors (Lipinski definition) is 4. The zero-order valence-corrected chi connectivity index (χ0v) is 8.96. The number of aromatic nitrogens is 1. The molecule has 0 spiro atoms. The first-order valence-corrected chi connectivity index (χ1v) is 6.12. The maximum absolute atomic E-state index is 4.34. The Morgan fingerprint density at radius 3 is 3.36 bits per heavy atom. The second kappa shape index (κ2) is 3.61. The summed E-state index contributed by atoms with van der Waals surface area (Å²) in [5, 5.41) is 6.89. The molecule has 2 atom stereocenters. The Labute approximate surface area is 88.1 Å². The van der Waals surface area contributed by atoms with Crippen molar-refractivity contribution >= 4 is 11.3 Å². The lowest BCUT2D eigenvalue weighted by Gasteiger charge is -2.30. The molecule has 0 aliphatic carbocycles. The van der Waals surface area contributed by atoms with E-state index in [1.54, 1.807) is 11.3 Å². The highest BCUT2D eigenvalue weighted by Gasteiger charge is 2.32. The van der Waals surface area contributed by atoms with Crippen LogP contribution >= 0.6 is 11.3 Å². The van der Waals surface area contributed by atoms with E-state index in [-0.39, 0.29) is 0 Å². The van der Waals surface area contributed by atoms with Crippen LogP contribution in [-0.4, -0.2) is 35.6 Å². The molecule has 2 aliphatic rings. The van der Waals surface area contributed by atoms with E-state index in [1.165, 1.54) is 31.1 Å². The molecule has 76 valence electrons. The van der Waals surface area contributed by atoms with Gasteiger partial charge in [0.25, 0.3) is 0 Å². The standard InChI is InChI=1S/C10H15N3S/c1-2-14-10(11-1)7-13-5-8-3-9(6-13)12-4-8/h1-2,8-9,12H,3-7H2. The molecule has 0 saturated carbocycles. The van der Waals surface area contributed by atoms with Crippen LogP contribution in [0.3, 0.4) is 0 Å². The van der Waals surface area contributed by atoms with E-state index in [0.29, 0.717) is 0 Å². The molecule has 0 aromatic carbocycles. The second-order valence-corrected chi connectivity index (χ2v) is 5.31. The lowest BCUT2D eigenvalue weighted by molar-refractivity contribution is 0.185. The minimum Gasteiger partial charge on any atom is -0.312 e. The van der Waals surface area contributed by atoms with Gasteiger partial charge in [0.1, 0.15) is 5.01 Å². The van der Waals surface area contributed by atoms with E-state index in [1.807, 2.05) is 6.20 Å². The highest BCUT2D eigenvalue weighted by molar-refractivity contribution is 7.09. The predicted octanol–water partition coefficient (Wildman–Crippen LogP) is 0.937. The summed E-state index contributed by atoms with van der Waals surface area (Å²) in [6, 6.07) is 0.744. The second-order valence-electron chi connectivity index (χ2n) is 4.33. The number of rotatable bonds is 2. The number of hydrogen-bond donors (Lipinski definition) is 1. The molecule has 2 aliphatic heterocycles. The van der Waals surface area contributed by atoms with Crippen molar-refractivity contribution in [3.05, 3.63) is 16.6 Å². The Hall–Kier alpha value is -0.450. The molecular weight excluding hydrogens is 194 g/mol. The van der Waals surface area contributed by atoms with Crippen molar-refractivity contribution in [2.75, 3.05) is 19.6 Å². The molecule has 2 bridgehead atoms. The minimum atomic E-state index is 0.744. The zero-order valence-electron chi connectivity index (χ0n) is 8.15. The molecular formula is C10H15N3S. The van der Waals surface area contributed by atoms with Crippen molar-refractivity contribution in [1.29, 1.82) is 0 Å². The highest BCUT2D eigenvalue weighted by atomic mass is 32.1. The van der Waals surface area contributed by atoms with Gasteiger partial charge in [-0.1, -0.05) is 0 Å². The molecule has 4 heteroatoms. The van der Waals surface area contributed by atoms with Gasteiger partial charge in [0.15, 0.2) is 0 Å². The average Bonchev–Trinajstić information content (AvgIpc) is 2.77. The molecule has 14 heavy (non-hydrogen) atoms. The fraction of sp³-hybridized carbons (Fsp3) is 0.700. The van der Waals surface area contributed by atoms with Crippen molar-refractivity contribution < 1.29 is 0 Å². The van der Waals surface area contributed by atoms with E-state index in [2.05, 4.69) is 20.6 Å². The van der Waals surface area contributed by atoms with Gasteiger partial charge >= 0.3 is 0 Å². The Bertz CT molecular complexity index is 286. The SMILES string of the molecule is c1csc(CN2CC3CNC(C3)C2)n1. The summed E-state index contributed by atoms with van der Waals surface area (Å²) in [6.07, 6.45) is 3.28. The topological polar surface area (TPSA) is 28.2 Å². The number of piperidine rings is 1. The van der Waals surface area contributed by atoms with Crippen LogP contribution in [0, 0.1) is 5.92 Å². The zero-order chi connectivity index (χ0) is 9.38. The molecule has 3 nitrogen and oxygen atoms in total. The summed E-state index contributed by atoms with van der Waals surface area (Å²) in [4.78, 5) is 6.88. The first-order valence-electron chi connectivity index (χ1n) is 5.24. The minimum absolute atomic E-state index is 0.744. The van der Waals surface area contributed by atoms with Gasteiger partial charge in [0.2, 0.25) is 0 Å². The van der Waals surface area contributed by atoms with E-state index in [0.717, 1.165) is 18.5 Å². The Kier molecular flexibility index (Phi) is 2.27. The molecule has 0 radical (unpaired) electrons. The smallest absolute Gasteiger partial charge is 0.107 e. The van der Waals surface area contributed by atoms with Gasteiger partial charge in [-0.25, -0.2) is 4.98 Å². The Morgan fingerprint density at radius 1 is 1.57 bits per heavy atom. The maximum Gasteiger partial charge on any atom is 0.107 e. The lowest BCUT2D eigenvalue weighted by Crippen LogP contribution is -2.40. The van der Waals surface area contributed by atoms with Crippen molar-refractivity contribution in [1.82, 2.24) is 15.2 Å². The molecule has 2 fully saturated rings. The number of thiazole rings is 1. The van der Waals surface area contributed by atoms with Crippen LogP contribution in [-0.2, 0) is 6.54 Å². The van der Waals surface area contributed by atoms with Crippen molar-refractivity contribution in [2.45, 2.75) is 19.0 Å². The van der Waals surface area contributed by atoms with E-state index in [9.17, 15) is 0 Å². The number of likely N-dealkylation sites (tertiary alicyclic amines) is 1. The van der Waals surface area contributed by atoms with Crippen LogP contribution in [0.15, 0.2) is 11.6 Å². The fourth-order valence-electron chi connectivity index (χ4n) is 2.58. The first-order chi connectivity index (χ1) is 6.90. The third-order valence-corrected chi connectivity index (χ3v) is 3.91. The van der Waals surface area contributed by atoms with Gasteiger partial charge in [-0.05, 0) is 18.9 Å². The van der Waals surface area contributed by atoms with E-state index < -0.39 is 0 Å². The van der Waals surface area contributed by atoms with Crippen molar-refractivity contribution in [3.63, 3.8) is 0 Å². The van der Waals surface area contributed by atoms with E-state index in [4.69, 9.17) is 0 Å². The van der Waals surface area contributed by atoms with Gasteiger partial charge in [-0.15, -0.1) is 11.3 Å². The van der Waals surface area contributed by atoms with Gasteiger partial charge in [0.05, 0.1) is 6.54 Å². The molecule has 2 saturated heterocycles. The fourth-order valence-corrected chi connectivity index (χ4v) is 3.24. The Morgan fingerprint density at radius 2 is 2.57 bits per heavy atom. The summed E-state index contributed by atoms with van der Waals surface area (Å²) in [5.74, 6) is 0.883. The van der Waals surface area contributed by atoms with Gasteiger partial charge < -0.3 is 5.32 Å². The summed E-state index contributed by atoms with van der Waals surface area (Å²) < 4.78 is 0. The molecule has 1 aromatic rings. The number of nitrogens with zero attached hydrogens (tertiary/aromatic N) is 2. The molecule has 1 N–H and O–H groups in total. The van der Waals surface area contributed by atoms with Gasteiger partial charge in [-0.2, -0.15) is 0 Å². The Balaban J connectivity index is 1.64. The van der Waals surface area contributed by atoms with Crippen molar-refractivity contribution in [2.24, 2.45) is 5.92 Å².